The van der Waals surface area contributed by atoms with Crippen LogP contribution in [0.15, 0.2) is 17.5 Å². The van der Waals surface area contributed by atoms with Crippen LogP contribution in [0.2, 0.25) is 0 Å². The number of piperazine rings is 1. The Morgan fingerprint density at radius 2 is 2.00 bits per heavy atom. The Labute approximate surface area is 139 Å². The van der Waals surface area contributed by atoms with Crippen molar-refractivity contribution in [1.29, 1.82) is 0 Å². The number of thiophene rings is 1. The summed E-state index contributed by atoms with van der Waals surface area (Å²) in [6.07, 6.45) is 0. The molecule has 2 amide bonds. The van der Waals surface area contributed by atoms with Gasteiger partial charge in [-0.2, -0.15) is 0 Å². The lowest BCUT2D eigenvalue weighted by atomic mass is 10.3. The van der Waals surface area contributed by atoms with Gasteiger partial charge in [0.15, 0.2) is 0 Å². The van der Waals surface area contributed by atoms with E-state index in [0.29, 0.717) is 12.3 Å². The second-order valence-corrected chi connectivity index (χ2v) is 9.57. The molecule has 124 valence electrons. The molecule has 22 heavy (non-hydrogen) atoms. The molecule has 1 aromatic heterocycles. The molecule has 2 rings (SSSR count). The van der Waals surface area contributed by atoms with Gasteiger partial charge in [0.05, 0.1) is 5.00 Å². The second kappa shape index (κ2) is 7.46. The van der Waals surface area contributed by atoms with Crippen molar-refractivity contribution in [2.24, 2.45) is 0 Å². The minimum Gasteiger partial charge on any atom is -0.360 e. The van der Waals surface area contributed by atoms with E-state index >= 15 is 0 Å². The largest absolute Gasteiger partial charge is 0.360 e. The van der Waals surface area contributed by atoms with Crippen molar-refractivity contribution in [2.75, 3.05) is 43.4 Å². The number of anilines is 1. The van der Waals surface area contributed by atoms with Crippen molar-refractivity contribution < 1.29 is 9.00 Å². The molecule has 0 unspecified atom stereocenters. The van der Waals surface area contributed by atoms with Gasteiger partial charge in [-0.05, 0) is 38.3 Å². The monoisotopic (exact) mass is 343 g/mol. The van der Waals surface area contributed by atoms with Gasteiger partial charge < -0.3 is 15.1 Å². The molecule has 0 aliphatic carbocycles. The molecular formula is C15H25N3O2S2. The van der Waals surface area contributed by atoms with E-state index in [-0.39, 0.29) is 10.8 Å². The highest BCUT2D eigenvalue weighted by Crippen LogP contribution is 2.22. The first-order chi connectivity index (χ1) is 10.4. The maximum atomic E-state index is 12.1. The number of carbonyl (C=O) groups excluding carboxylic acids is 1. The predicted molar refractivity (Wildman–Crippen MR) is 94.3 cm³/mol. The fourth-order valence-corrected chi connectivity index (χ4v) is 3.93. The van der Waals surface area contributed by atoms with Gasteiger partial charge in [0.2, 0.25) is 0 Å². The van der Waals surface area contributed by atoms with Crippen molar-refractivity contribution in [1.82, 2.24) is 10.2 Å². The third-order valence-corrected chi connectivity index (χ3v) is 6.50. The lowest BCUT2D eigenvalue weighted by Crippen LogP contribution is -2.52. The van der Waals surface area contributed by atoms with E-state index in [2.05, 4.69) is 27.7 Å². The van der Waals surface area contributed by atoms with Crippen LogP contribution >= 0.6 is 11.3 Å². The molecule has 1 atom stereocenters. The molecule has 1 aliphatic rings. The zero-order chi connectivity index (χ0) is 16.2. The Hall–Kier alpha value is -1.08. The van der Waals surface area contributed by atoms with E-state index in [1.165, 1.54) is 5.00 Å². The van der Waals surface area contributed by atoms with E-state index in [0.717, 1.165) is 26.2 Å². The maximum Gasteiger partial charge on any atom is 0.317 e. The summed E-state index contributed by atoms with van der Waals surface area (Å²) in [6.45, 7) is 9.51. The molecular weight excluding hydrogens is 318 g/mol. The summed E-state index contributed by atoms with van der Waals surface area (Å²) in [5, 5.41) is 6.22. The van der Waals surface area contributed by atoms with E-state index in [9.17, 15) is 9.00 Å². The summed E-state index contributed by atoms with van der Waals surface area (Å²) in [4.78, 5) is 16.3. The van der Waals surface area contributed by atoms with Crippen LogP contribution in [0.5, 0.6) is 0 Å². The number of nitrogens with one attached hydrogen (secondary N) is 1. The fourth-order valence-electron chi connectivity index (χ4n) is 2.25. The molecule has 1 aromatic rings. The van der Waals surface area contributed by atoms with Gasteiger partial charge in [-0.1, -0.05) is 0 Å². The smallest absolute Gasteiger partial charge is 0.317 e. The number of carbonyl (C=O) groups is 1. The Kier molecular flexibility index (Phi) is 5.86. The Morgan fingerprint density at radius 3 is 2.55 bits per heavy atom. The number of urea groups is 1. The molecule has 0 bridgehead atoms. The first kappa shape index (κ1) is 17.3. The number of hydrogen-bond acceptors (Lipinski definition) is 4. The zero-order valence-electron chi connectivity index (χ0n) is 13.5. The Bertz CT molecular complexity index is 503. The predicted octanol–water partition coefficient (Wildman–Crippen LogP) is 2.13. The van der Waals surface area contributed by atoms with Crippen LogP contribution in [0.4, 0.5) is 9.80 Å². The summed E-state index contributed by atoms with van der Waals surface area (Å²) in [5.41, 5.74) is 0. The molecule has 0 saturated carbocycles. The number of amides is 2. The van der Waals surface area contributed by atoms with E-state index in [1.54, 1.807) is 11.3 Å². The number of hydrogen-bond donors (Lipinski definition) is 1. The second-order valence-electron chi connectivity index (χ2n) is 6.32. The highest BCUT2D eigenvalue weighted by atomic mass is 32.2. The van der Waals surface area contributed by atoms with E-state index in [4.69, 9.17) is 0 Å². The lowest BCUT2D eigenvalue weighted by molar-refractivity contribution is 0.195. The molecule has 0 aromatic carbocycles. The van der Waals surface area contributed by atoms with Crippen molar-refractivity contribution in [2.45, 2.75) is 25.5 Å². The van der Waals surface area contributed by atoms with Gasteiger partial charge >= 0.3 is 6.03 Å². The van der Waals surface area contributed by atoms with E-state index < -0.39 is 10.8 Å². The van der Waals surface area contributed by atoms with Crippen molar-refractivity contribution in [3.63, 3.8) is 0 Å². The quantitative estimate of drug-likeness (QED) is 0.911. The summed E-state index contributed by atoms with van der Waals surface area (Å²) in [6, 6.07) is 4.12. The van der Waals surface area contributed by atoms with Crippen molar-refractivity contribution >= 4 is 33.2 Å². The van der Waals surface area contributed by atoms with E-state index in [1.807, 2.05) is 25.7 Å². The molecule has 7 heteroatoms. The van der Waals surface area contributed by atoms with Gasteiger partial charge in [0, 0.05) is 54.0 Å². The van der Waals surface area contributed by atoms with Crippen LogP contribution in [0.1, 0.15) is 20.8 Å². The van der Waals surface area contributed by atoms with Crippen LogP contribution < -0.4 is 10.2 Å². The molecule has 2 heterocycles. The Balaban J connectivity index is 1.70. The molecule has 1 saturated heterocycles. The van der Waals surface area contributed by atoms with Crippen LogP contribution in [0, 0.1) is 0 Å². The topological polar surface area (TPSA) is 52.7 Å². The minimum atomic E-state index is -0.925. The van der Waals surface area contributed by atoms with Gasteiger partial charge in [-0.3, -0.25) is 4.21 Å². The SMILES string of the molecule is CC(C)(C)[S@](=O)CCNC(=O)N1CCN(c2cccs2)CC1. The van der Waals surface area contributed by atoms with Crippen molar-refractivity contribution in [3.05, 3.63) is 17.5 Å². The van der Waals surface area contributed by atoms with Crippen LogP contribution in [-0.4, -0.2) is 58.4 Å². The molecule has 1 aliphatic heterocycles. The minimum absolute atomic E-state index is 0.0447. The average Bonchev–Trinajstić information content (AvgIpc) is 3.00. The summed E-state index contributed by atoms with van der Waals surface area (Å²) in [5.74, 6) is 0.504. The third kappa shape index (κ3) is 4.71. The highest BCUT2D eigenvalue weighted by Gasteiger charge is 2.22. The summed E-state index contributed by atoms with van der Waals surface area (Å²) < 4.78 is 11.7. The number of rotatable bonds is 4. The van der Waals surface area contributed by atoms with Gasteiger partial charge in [0.1, 0.15) is 0 Å². The van der Waals surface area contributed by atoms with Crippen LogP contribution in [-0.2, 0) is 10.8 Å². The van der Waals surface area contributed by atoms with Gasteiger partial charge in [-0.15, -0.1) is 11.3 Å². The average molecular weight is 344 g/mol. The van der Waals surface area contributed by atoms with Crippen molar-refractivity contribution in [3.8, 4) is 0 Å². The lowest BCUT2D eigenvalue weighted by Gasteiger charge is -2.35. The first-order valence-corrected chi connectivity index (χ1v) is 9.77. The highest BCUT2D eigenvalue weighted by molar-refractivity contribution is 7.86. The maximum absolute atomic E-state index is 12.1. The Morgan fingerprint density at radius 1 is 1.32 bits per heavy atom. The van der Waals surface area contributed by atoms with Crippen LogP contribution in [0.25, 0.3) is 0 Å². The van der Waals surface area contributed by atoms with Crippen LogP contribution in [0.3, 0.4) is 0 Å². The molecule has 1 fully saturated rings. The summed E-state index contributed by atoms with van der Waals surface area (Å²) in [7, 11) is -0.925. The third-order valence-electron chi connectivity index (χ3n) is 3.63. The molecule has 0 radical (unpaired) electrons. The molecule has 0 spiro atoms. The summed E-state index contributed by atoms with van der Waals surface area (Å²) >= 11 is 1.73. The normalized spacial score (nSPS) is 17.4. The number of nitrogens with zero attached hydrogens (tertiary/aromatic N) is 2. The standard InChI is InChI=1S/C15H25N3O2S2/c1-15(2,3)22(20)12-6-16-14(19)18-9-7-17(8-10-18)13-5-4-11-21-13/h4-5,11H,6-10,12H2,1-3H3,(H,16,19)/t22-/m1/s1. The molecule has 5 nitrogen and oxygen atoms in total. The first-order valence-electron chi connectivity index (χ1n) is 7.57. The fraction of sp³-hybridized carbons (Fsp3) is 0.667. The van der Waals surface area contributed by atoms with Gasteiger partial charge in [-0.25, -0.2) is 4.79 Å². The molecule has 1 N–H and O–H groups in total. The van der Waals surface area contributed by atoms with Gasteiger partial charge in [0.25, 0.3) is 0 Å². The zero-order valence-corrected chi connectivity index (χ0v) is 15.1.